The zero-order valence-corrected chi connectivity index (χ0v) is 11.5. The topological polar surface area (TPSA) is 48.1 Å². The molecule has 1 saturated carbocycles. The van der Waals surface area contributed by atoms with Crippen LogP contribution in [0, 0.1) is 5.92 Å². The van der Waals surface area contributed by atoms with Crippen LogP contribution in [-0.4, -0.2) is 12.1 Å². The van der Waals surface area contributed by atoms with Crippen LogP contribution in [0.1, 0.15) is 61.9 Å². The second-order valence-corrected chi connectivity index (χ2v) is 5.84. The van der Waals surface area contributed by atoms with Gasteiger partial charge in [0.15, 0.2) is 0 Å². The number of hydrogen-bond acceptors (Lipinski definition) is 4. The monoisotopic (exact) mass is 254 g/mol. The predicted molar refractivity (Wildman–Crippen MR) is 71.0 cm³/mol. The maximum absolute atomic E-state index is 5.85. The summed E-state index contributed by atoms with van der Waals surface area (Å²) in [5.41, 5.74) is 6.84. The third-order valence-electron chi connectivity index (χ3n) is 3.58. The van der Waals surface area contributed by atoms with E-state index in [-0.39, 0.29) is 12.1 Å². The molecule has 1 aromatic heterocycles. The molecule has 0 amide bonds. The number of hydrogen-bond donors (Lipinski definition) is 1. The van der Waals surface area contributed by atoms with Gasteiger partial charge in [-0.1, -0.05) is 19.3 Å². The predicted octanol–water partition coefficient (Wildman–Crippen LogP) is 3.43. The summed E-state index contributed by atoms with van der Waals surface area (Å²) in [5, 5.41) is 3.17. The summed E-state index contributed by atoms with van der Waals surface area (Å²) in [6.07, 6.45) is 6.74. The normalized spacial score (nSPS) is 21.4. The smallest absolute Gasteiger partial charge is 0.122 e. The molecular weight excluding hydrogens is 232 g/mol. The molecule has 1 fully saturated rings. The van der Waals surface area contributed by atoms with Crippen LogP contribution in [0.25, 0.3) is 0 Å². The Morgan fingerprint density at radius 2 is 2.12 bits per heavy atom. The second-order valence-electron chi connectivity index (χ2n) is 4.95. The van der Waals surface area contributed by atoms with Crippen LogP contribution in [0.5, 0.6) is 0 Å². The fourth-order valence-electron chi connectivity index (χ4n) is 2.57. The van der Waals surface area contributed by atoms with Crippen molar-refractivity contribution in [1.82, 2.24) is 4.98 Å². The van der Waals surface area contributed by atoms with E-state index in [1.807, 2.05) is 6.92 Å². The Kier molecular flexibility index (Phi) is 4.54. The van der Waals surface area contributed by atoms with E-state index in [0.717, 1.165) is 10.7 Å². The third kappa shape index (κ3) is 3.06. The van der Waals surface area contributed by atoms with E-state index in [1.165, 1.54) is 32.1 Å². The molecule has 2 unspecified atom stereocenters. The van der Waals surface area contributed by atoms with Gasteiger partial charge in [-0.25, -0.2) is 4.98 Å². The van der Waals surface area contributed by atoms with Gasteiger partial charge in [-0.3, -0.25) is 0 Å². The molecule has 1 heterocycles. The number of nitrogens with zero attached hydrogens (tertiary/aromatic N) is 1. The highest BCUT2D eigenvalue weighted by Crippen LogP contribution is 2.37. The van der Waals surface area contributed by atoms with Crippen molar-refractivity contribution < 1.29 is 4.74 Å². The fourth-order valence-corrected chi connectivity index (χ4v) is 3.66. The number of ether oxygens (including phenoxy) is 1. The van der Waals surface area contributed by atoms with E-state index >= 15 is 0 Å². The molecule has 0 spiro atoms. The molecule has 0 bridgehead atoms. The lowest BCUT2D eigenvalue weighted by Crippen LogP contribution is -2.18. The average Bonchev–Trinajstić information content (AvgIpc) is 2.81. The Morgan fingerprint density at radius 1 is 1.41 bits per heavy atom. The number of nitrogens with two attached hydrogens (primary N) is 1. The zero-order chi connectivity index (χ0) is 12.3. The Morgan fingerprint density at radius 3 is 2.65 bits per heavy atom. The van der Waals surface area contributed by atoms with Crippen molar-refractivity contribution in [3.63, 3.8) is 0 Å². The standard InChI is InChI=1S/C13H22N2OS/c1-9(14)11-8-17-13(15-11)12(16-2)10-6-4-3-5-7-10/h8-10,12H,3-7,14H2,1-2H3. The van der Waals surface area contributed by atoms with Gasteiger partial charge in [-0.05, 0) is 25.7 Å². The molecule has 2 rings (SSSR count). The van der Waals surface area contributed by atoms with Crippen molar-refractivity contribution in [2.45, 2.75) is 51.2 Å². The summed E-state index contributed by atoms with van der Waals surface area (Å²) in [4.78, 5) is 4.62. The molecule has 0 saturated heterocycles. The SMILES string of the molecule is COC(c1nc(C(C)N)cs1)C1CCCCC1. The first-order chi connectivity index (χ1) is 8.22. The first-order valence-electron chi connectivity index (χ1n) is 6.46. The van der Waals surface area contributed by atoms with Crippen LogP contribution in [0.4, 0.5) is 0 Å². The molecule has 17 heavy (non-hydrogen) atoms. The highest BCUT2D eigenvalue weighted by Gasteiger charge is 2.27. The van der Waals surface area contributed by atoms with Crippen LogP contribution in [0.15, 0.2) is 5.38 Å². The van der Waals surface area contributed by atoms with Gasteiger partial charge in [0.25, 0.3) is 0 Å². The van der Waals surface area contributed by atoms with E-state index in [9.17, 15) is 0 Å². The van der Waals surface area contributed by atoms with Gasteiger partial charge >= 0.3 is 0 Å². The molecular formula is C13H22N2OS. The number of rotatable bonds is 4. The van der Waals surface area contributed by atoms with Gasteiger partial charge in [-0.15, -0.1) is 11.3 Å². The lowest BCUT2D eigenvalue weighted by atomic mass is 9.85. The Hall–Kier alpha value is -0.450. The molecule has 2 atom stereocenters. The van der Waals surface area contributed by atoms with Crippen molar-refractivity contribution in [3.05, 3.63) is 16.1 Å². The average molecular weight is 254 g/mol. The molecule has 3 nitrogen and oxygen atoms in total. The minimum Gasteiger partial charge on any atom is -0.374 e. The summed E-state index contributed by atoms with van der Waals surface area (Å²) in [5.74, 6) is 0.640. The van der Waals surface area contributed by atoms with Gasteiger partial charge < -0.3 is 10.5 Å². The Bertz CT molecular complexity index is 345. The summed E-state index contributed by atoms with van der Waals surface area (Å²) < 4.78 is 5.68. The maximum atomic E-state index is 5.85. The van der Waals surface area contributed by atoms with Crippen LogP contribution in [0.2, 0.25) is 0 Å². The molecule has 0 radical (unpaired) electrons. The summed E-state index contributed by atoms with van der Waals surface area (Å²) >= 11 is 1.69. The van der Waals surface area contributed by atoms with Gasteiger partial charge in [0.2, 0.25) is 0 Å². The maximum Gasteiger partial charge on any atom is 0.122 e. The Balaban J connectivity index is 2.10. The third-order valence-corrected chi connectivity index (χ3v) is 4.51. The minimum absolute atomic E-state index is 0.0175. The van der Waals surface area contributed by atoms with Crippen LogP contribution in [0.3, 0.4) is 0 Å². The fraction of sp³-hybridized carbons (Fsp3) is 0.769. The summed E-state index contributed by atoms with van der Waals surface area (Å²) in [6.45, 7) is 1.97. The van der Waals surface area contributed by atoms with Gasteiger partial charge in [0, 0.05) is 18.5 Å². The molecule has 1 aromatic rings. The van der Waals surface area contributed by atoms with Gasteiger partial charge in [-0.2, -0.15) is 0 Å². The Labute approximate surface area is 107 Å². The van der Waals surface area contributed by atoms with Crippen molar-refractivity contribution in [3.8, 4) is 0 Å². The molecule has 0 aliphatic heterocycles. The van der Waals surface area contributed by atoms with Crippen LogP contribution >= 0.6 is 11.3 Å². The number of aromatic nitrogens is 1. The van der Waals surface area contributed by atoms with E-state index < -0.39 is 0 Å². The minimum atomic E-state index is 0.0175. The van der Waals surface area contributed by atoms with Crippen molar-refractivity contribution in [2.24, 2.45) is 11.7 Å². The number of methoxy groups -OCH3 is 1. The zero-order valence-electron chi connectivity index (χ0n) is 10.7. The number of thiazole rings is 1. The van der Waals surface area contributed by atoms with Crippen LogP contribution < -0.4 is 5.73 Å². The molecule has 1 aliphatic carbocycles. The van der Waals surface area contributed by atoms with E-state index in [2.05, 4.69) is 10.4 Å². The molecule has 4 heteroatoms. The highest BCUT2D eigenvalue weighted by molar-refractivity contribution is 7.09. The largest absolute Gasteiger partial charge is 0.374 e. The molecule has 0 aromatic carbocycles. The molecule has 2 N–H and O–H groups in total. The van der Waals surface area contributed by atoms with Crippen molar-refractivity contribution >= 4 is 11.3 Å². The van der Waals surface area contributed by atoms with Crippen molar-refractivity contribution in [1.29, 1.82) is 0 Å². The van der Waals surface area contributed by atoms with E-state index in [1.54, 1.807) is 18.4 Å². The first-order valence-corrected chi connectivity index (χ1v) is 7.34. The molecule has 1 aliphatic rings. The van der Waals surface area contributed by atoms with Crippen molar-refractivity contribution in [2.75, 3.05) is 7.11 Å². The van der Waals surface area contributed by atoms with Crippen LogP contribution in [-0.2, 0) is 4.74 Å². The lowest BCUT2D eigenvalue weighted by Gasteiger charge is -2.27. The highest BCUT2D eigenvalue weighted by atomic mass is 32.1. The van der Waals surface area contributed by atoms with Gasteiger partial charge in [0.05, 0.1) is 5.69 Å². The summed E-state index contributed by atoms with van der Waals surface area (Å²) in [6, 6.07) is 0.0175. The van der Waals surface area contributed by atoms with E-state index in [0.29, 0.717) is 5.92 Å². The lowest BCUT2D eigenvalue weighted by molar-refractivity contribution is 0.0351. The van der Waals surface area contributed by atoms with E-state index in [4.69, 9.17) is 10.5 Å². The first kappa shape index (κ1) is 13.0. The van der Waals surface area contributed by atoms with Gasteiger partial charge in [0.1, 0.15) is 11.1 Å². The quantitative estimate of drug-likeness (QED) is 0.895. The molecule has 96 valence electrons. The summed E-state index contributed by atoms with van der Waals surface area (Å²) in [7, 11) is 1.80. The second kappa shape index (κ2) is 5.94.